The molecule has 0 amide bonds. The van der Waals surface area contributed by atoms with Crippen LogP contribution in [0.15, 0.2) is 18.2 Å². The summed E-state index contributed by atoms with van der Waals surface area (Å²) in [4.78, 5) is 2.29. The van der Waals surface area contributed by atoms with Gasteiger partial charge in [0.25, 0.3) is 0 Å². The maximum Gasteiger partial charge on any atom is 0.135 e. The average molecular weight is 282 g/mol. The molecule has 0 spiro atoms. The molecule has 0 unspecified atom stereocenters. The van der Waals surface area contributed by atoms with E-state index in [1.807, 2.05) is 6.07 Å². The summed E-state index contributed by atoms with van der Waals surface area (Å²) in [5.41, 5.74) is 6.84. The van der Waals surface area contributed by atoms with Gasteiger partial charge in [-0.1, -0.05) is 46.0 Å². The highest BCUT2D eigenvalue weighted by molar-refractivity contribution is 7.80. The van der Waals surface area contributed by atoms with Crippen LogP contribution in [0.4, 0.5) is 10.1 Å². The van der Waals surface area contributed by atoms with Crippen molar-refractivity contribution in [3.05, 3.63) is 29.6 Å². The van der Waals surface area contributed by atoms with Crippen molar-refractivity contribution in [1.29, 1.82) is 0 Å². The van der Waals surface area contributed by atoms with Crippen LogP contribution in [0.5, 0.6) is 0 Å². The first-order valence-corrected chi connectivity index (χ1v) is 7.07. The van der Waals surface area contributed by atoms with Crippen molar-refractivity contribution >= 4 is 22.9 Å². The van der Waals surface area contributed by atoms with Crippen LogP contribution in [0.1, 0.15) is 33.3 Å². The van der Waals surface area contributed by atoms with Crippen molar-refractivity contribution in [2.45, 2.75) is 27.7 Å². The van der Waals surface area contributed by atoms with Gasteiger partial charge in [0.05, 0.1) is 5.56 Å². The van der Waals surface area contributed by atoms with E-state index in [0.717, 1.165) is 18.8 Å². The van der Waals surface area contributed by atoms with Crippen molar-refractivity contribution in [1.82, 2.24) is 0 Å². The Labute approximate surface area is 120 Å². The second kappa shape index (κ2) is 6.85. The zero-order valence-electron chi connectivity index (χ0n) is 12.1. The first kappa shape index (κ1) is 15.9. The molecule has 0 fully saturated rings. The van der Waals surface area contributed by atoms with E-state index in [1.165, 1.54) is 6.07 Å². The predicted molar refractivity (Wildman–Crippen MR) is 84.2 cm³/mol. The van der Waals surface area contributed by atoms with Gasteiger partial charge < -0.3 is 10.6 Å². The first-order valence-electron chi connectivity index (χ1n) is 6.66. The Balaban J connectivity index is 3.21. The molecule has 0 bridgehead atoms. The molecule has 0 saturated heterocycles. The van der Waals surface area contributed by atoms with E-state index in [4.69, 9.17) is 18.0 Å². The summed E-state index contributed by atoms with van der Waals surface area (Å²) >= 11 is 4.99. The van der Waals surface area contributed by atoms with E-state index >= 15 is 0 Å². The van der Waals surface area contributed by atoms with Crippen LogP contribution in [0.25, 0.3) is 0 Å². The number of thiocarbonyl (C=S) groups is 1. The lowest BCUT2D eigenvalue weighted by atomic mass is 10.1. The molecule has 0 aliphatic heterocycles. The molecule has 0 atom stereocenters. The molecule has 0 aromatic heterocycles. The number of nitrogens with two attached hydrogens (primary N) is 1. The van der Waals surface area contributed by atoms with Gasteiger partial charge in [0.15, 0.2) is 0 Å². The van der Waals surface area contributed by atoms with E-state index in [1.54, 1.807) is 6.07 Å². The maximum absolute atomic E-state index is 13.9. The third-order valence-electron chi connectivity index (χ3n) is 2.75. The Morgan fingerprint density at radius 3 is 2.16 bits per heavy atom. The van der Waals surface area contributed by atoms with Crippen LogP contribution in [0.3, 0.4) is 0 Å². The Morgan fingerprint density at radius 1 is 1.21 bits per heavy atom. The number of rotatable bonds is 6. The fourth-order valence-corrected chi connectivity index (χ4v) is 2.38. The number of hydrogen-bond donors (Lipinski definition) is 1. The minimum Gasteiger partial charge on any atom is -0.389 e. The van der Waals surface area contributed by atoms with Gasteiger partial charge in [-0.3, -0.25) is 0 Å². The fraction of sp³-hybridized carbons (Fsp3) is 0.533. The SMILES string of the molecule is CC(C)CN(CC(C)C)c1cccc(F)c1C(N)=S. The molecule has 0 aliphatic carbocycles. The molecule has 2 nitrogen and oxygen atoms in total. The Hall–Kier alpha value is -1.16. The lowest BCUT2D eigenvalue weighted by Gasteiger charge is -2.30. The second-order valence-corrected chi connectivity index (χ2v) is 6.13. The lowest BCUT2D eigenvalue weighted by Crippen LogP contribution is -2.33. The van der Waals surface area contributed by atoms with Crippen LogP contribution >= 0.6 is 12.2 Å². The molecule has 4 heteroatoms. The number of nitrogens with zero attached hydrogens (tertiary/aromatic N) is 1. The first-order chi connectivity index (χ1) is 8.82. The molecule has 106 valence electrons. The molecule has 0 aliphatic rings. The number of hydrogen-bond acceptors (Lipinski definition) is 2. The fourth-order valence-electron chi connectivity index (χ4n) is 2.17. The topological polar surface area (TPSA) is 29.3 Å². The zero-order valence-corrected chi connectivity index (χ0v) is 12.9. The summed E-state index contributed by atoms with van der Waals surface area (Å²) in [6.45, 7) is 10.3. The van der Waals surface area contributed by atoms with Gasteiger partial charge in [-0.25, -0.2) is 4.39 Å². The molecule has 1 rings (SSSR count). The van der Waals surface area contributed by atoms with Gasteiger partial charge in [0.2, 0.25) is 0 Å². The molecule has 1 aromatic carbocycles. The Bertz CT molecular complexity index is 434. The van der Waals surface area contributed by atoms with E-state index in [-0.39, 0.29) is 10.8 Å². The molecule has 19 heavy (non-hydrogen) atoms. The third kappa shape index (κ3) is 4.46. The summed E-state index contributed by atoms with van der Waals surface area (Å²) in [6.07, 6.45) is 0. The zero-order chi connectivity index (χ0) is 14.6. The quantitative estimate of drug-likeness (QED) is 0.809. The standard InChI is InChI=1S/C15H23FN2S/c1-10(2)8-18(9-11(3)4)13-7-5-6-12(16)14(13)15(17)19/h5-7,10-11H,8-9H2,1-4H3,(H2,17,19). The molecular formula is C15H23FN2S. The van der Waals surface area contributed by atoms with Crippen molar-refractivity contribution < 1.29 is 4.39 Å². The smallest absolute Gasteiger partial charge is 0.135 e. The van der Waals surface area contributed by atoms with Crippen molar-refractivity contribution in [3.8, 4) is 0 Å². The lowest BCUT2D eigenvalue weighted by molar-refractivity contribution is 0.550. The molecule has 0 heterocycles. The summed E-state index contributed by atoms with van der Waals surface area (Å²) < 4.78 is 13.9. The largest absolute Gasteiger partial charge is 0.389 e. The van der Waals surface area contributed by atoms with Crippen LogP contribution in [-0.4, -0.2) is 18.1 Å². The maximum atomic E-state index is 13.9. The van der Waals surface area contributed by atoms with Crippen LogP contribution in [0.2, 0.25) is 0 Å². The van der Waals surface area contributed by atoms with Crippen molar-refractivity contribution in [3.63, 3.8) is 0 Å². The van der Waals surface area contributed by atoms with E-state index in [9.17, 15) is 4.39 Å². The van der Waals surface area contributed by atoms with Gasteiger partial charge in [0.1, 0.15) is 10.8 Å². The van der Waals surface area contributed by atoms with E-state index in [0.29, 0.717) is 17.4 Å². The van der Waals surface area contributed by atoms with Gasteiger partial charge in [0, 0.05) is 18.8 Å². The van der Waals surface area contributed by atoms with Crippen molar-refractivity contribution in [2.75, 3.05) is 18.0 Å². The average Bonchev–Trinajstić information content (AvgIpc) is 2.25. The minimum absolute atomic E-state index is 0.116. The highest BCUT2D eigenvalue weighted by Crippen LogP contribution is 2.25. The summed E-state index contributed by atoms with van der Waals surface area (Å²) in [5, 5.41) is 0. The predicted octanol–water partition coefficient (Wildman–Crippen LogP) is 3.58. The normalized spacial score (nSPS) is 11.1. The van der Waals surface area contributed by atoms with E-state index < -0.39 is 0 Å². The van der Waals surface area contributed by atoms with Crippen LogP contribution in [-0.2, 0) is 0 Å². The summed E-state index contributed by atoms with van der Waals surface area (Å²) in [6, 6.07) is 5.00. The van der Waals surface area contributed by atoms with E-state index in [2.05, 4.69) is 32.6 Å². The summed E-state index contributed by atoms with van der Waals surface area (Å²) in [7, 11) is 0. The number of halogens is 1. The Morgan fingerprint density at radius 2 is 1.74 bits per heavy atom. The molecule has 0 radical (unpaired) electrons. The number of anilines is 1. The van der Waals surface area contributed by atoms with Gasteiger partial charge in [-0.05, 0) is 24.0 Å². The highest BCUT2D eigenvalue weighted by Gasteiger charge is 2.18. The molecule has 0 saturated carbocycles. The molecular weight excluding hydrogens is 259 g/mol. The monoisotopic (exact) mass is 282 g/mol. The number of benzene rings is 1. The highest BCUT2D eigenvalue weighted by atomic mass is 32.1. The van der Waals surface area contributed by atoms with Crippen LogP contribution < -0.4 is 10.6 Å². The molecule has 2 N–H and O–H groups in total. The Kier molecular flexibility index (Phi) is 5.73. The third-order valence-corrected chi connectivity index (χ3v) is 2.95. The molecule has 1 aromatic rings. The van der Waals surface area contributed by atoms with Gasteiger partial charge in [-0.15, -0.1) is 0 Å². The van der Waals surface area contributed by atoms with Gasteiger partial charge in [-0.2, -0.15) is 0 Å². The van der Waals surface area contributed by atoms with Crippen LogP contribution in [0, 0.1) is 17.7 Å². The summed E-state index contributed by atoms with van der Waals surface area (Å²) in [5.74, 6) is 0.630. The second-order valence-electron chi connectivity index (χ2n) is 5.69. The van der Waals surface area contributed by atoms with Crippen molar-refractivity contribution in [2.24, 2.45) is 17.6 Å². The minimum atomic E-state index is -0.345. The van der Waals surface area contributed by atoms with Gasteiger partial charge >= 0.3 is 0 Å².